The first-order valence-electron chi connectivity index (χ1n) is 0. The van der Waals surface area contributed by atoms with Gasteiger partial charge in [0.15, 0.2) is 0 Å². The predicted molar refractivity (Wildman–Crippen MR) is 33.6 cm³/mol. The van der Waals surface area contributed by atoms with Gasteiger partial charge < -0.3 is 49.3 Å². The van der Waals surface area contributed by atoms with Gasteiger partial charge in [-0.25, -0.2) is 0 Å². The molecule has 0 saturated heterocycles. The molecule has 0 amide bonds. The zero-order valence-corrected chi connectivity index (χ0v) is 4.50. The Bertz CT molecular complexity index is 4.69. The smallest absolute Gasteiger partial charge is 0.412 e. The van der Waals surface area contributed by atoms with Crippen molar-refractivity contribution in [3.8, 4) is 0 Å². The van der Waals surface area contributed by atoms with Gasteiger partial charge in [0, 0.05) is 0 Å². The van der Waals surface area contributed by atoms with Gasteiger partial charge in [0.25, 0.3) is 0 Å². The van der Waals surface area contributed by atoms with E-state index in [2.05, 4.69) is 0 Å². The summed E-state index contributed by atoms with van der Waals surface area (Å²) in [5, 5.41) is 0. The van der Waals surface area contributed by atoms with Crippen LogP contribution in [0.5, 0.6) is 0 Å². The van der Waals surface area contributed by atoms with Crippen molar-refractivity contribution in [2.45, 2.75) is 0 Å². The minimum atomic E-state index is 0. The van der Waals surface area contributed by atoms with Gasteiger partial charge in [-0.1, -0.05) is 0 Å². The Morgan fingerprint density at radius 3 is 0.222 bits per heavy atom. The predicted octanol–water partition coefficient (Wildman–Crippen LogP) is -7.31. The maximum absolute atomic E-state index is 0. The second kappa shape index (κ2) is 2600. The molecule has 0 rings (SSSR count). The summed E-state index contributed by atoms with van der Waals surface area (Å²) in [6, 6.07) is 0. The van der Waals surface area contributed by atoms with E-state index < -0.39 is 0 Å². The van der Waals surface area contributed by atoms with Crippen molar-refractivity contribution in [3.63, 3.8) is 0 Å². The molecule has 0 fully saturated rings. The van der Waals surface area contributed by atoms with E-state index in [1.165, 1.54) is 0 Å². The Kier molecular flexibility index (Phi) is 1120000. The quantitative estimate of drug-likeness (QED) is 0.321. The summed E-state index contributed by atoms with van der Waals surface area (Å²) in [7, 11) is 0. The third-order valence-corrected chi connectivity index (χ3v) is 0. The van der Waals surface area contributed by atoms with Gasteiger partial charge in [0.1, 0.15) is 0 Å². The van der Waals surface area contributed by atoms with E-state index in [1.807, 2.05) is 0 Å². The van der Waals surface area contributed by atoms with E-state index in [4.69, 9.17) is 0 Å². The van der Waals surface area contributed by atoms with Crippen LogP contribution < -0.4 is 0 Å². The molecule has 9 heteroatoms. The molecule has 0 saturated carbocycles. The van der Waals surface area contributed by atoms with E-state index in [0.717, 1.165) is 0 Å². The van der Waals surface area contributed by atoms with Crippen LogP contribution in [0.1, 0.15) is 1.43 Å². The first kappa shape index (κ1) is 3890. The van der Waals surface area contributed by atoms with Gasteiger partial charge in [-0.15, -0.1) is 0 Å². The van der Waals surface area contributed by atoms with Crippen molar-refractivity contribution in [2.75, 3.05) is 0 Å². The fourth-order valence-corrected chi connectivity index (χ4v) is 0. The molecule has 0 atom stereocenters. The Morgan fingerprint density at radius 1 is 0.222 bits per heavy atom. The van der Waals surface area contributed by atoms with Gasteiger partial charge in [-0.05, 0) is 0 Å². The third-order valence-electron chi connectivity index (χ3n) is 0. The second-order valence-electron chi connectivity index (χ2n) is 0. The second-order valence-corrected chi connectivity index (χ2v) is 0. The van der Waals surface area contributed by atoms with E-state index in [9.17, 15) is 0 Å². The van der Waals surface area contributed by atoms with Crippen LogP contribution in [0.3, 0.4) is 0 Å². The molecule has 0 aromatic rings. The van der Waals surface area contributed by atoms with Crippen LogP contribution >= 0.6 is 0 Å². The fourth-order valence-electron chi connectivity index (χ4n) is 0. The van der Waals surface area contributed by atoms with Crippen LogP contribution in [-0.4, -0.2) is 49.3 Å². The summed E-state index contributed by atoms with van der Waals surface area (Å²) in [5.74, 6) is 0. The summed E-state index contributed by atoms with van der Waals surface area (Å²) in [4.78, 5) is 0. The van der Waals surface area contributed by atoms with Crippen molar-refractivity contribution < 1.29 is 50.7 Å². The summed E-state index contributed by atoms with van der Waals surface area (Å²) in [5.41, 5.74) is 0. The molecule has 18 N–H and O–H groups in total. The molecule has 0 aliphatic heterocycles. The maximum atomic E-state index is 0. The Morgan fingerprint density at radius 2 is 0.222 bits per heavy atom. The highest BCUT2D eigenvalue weighted by atomic mass is 16.0. The van der Waals surface area contributed by atoms with E-state index in [1.54, 1.807) is 0 Å². The molecule has 0 aromatic heterocycles. The van der Waals surface area contributed by atoms with Crippen LogP contribution in [0.15, 0.2) is 0 Å². The number of hydrogen-bond donors (Lipinski definition) is 0. The molecule has 0 aliphatic rings. The number of hydrogen-bond acceptors (Lipinski definition) is 0. The maximum Gasteiger partial charge on any atom is 1.00 e. The molecule has 0 unspecified atom stereocenters. The number of rotatable bonds is 0. The van der Waals surface area contributed by atoms with E-state index in [-0.39, 0.29) is 50.7 Å². The highest BCUT2D eigenvalue weighted by molar-refractivity contribution is 0.832. The third kappa shape index (κ3) is 1880. The van der Waals surface area contributed by atoms with E-state index in [0.29, 0.717) is 0 Å². The van der Waals surface area contributed by atoms with Crippen LogP contribution in [0, 0.1) is 0 Å². The molecular weight excluding hydrogens is 144 g/mol. The lowest BCUT2D eigenvalue weighted by Crippen LogP contribution is -0.290. The van der Waals surface area contributed by atoms with Crippen molar-refractivity contribution in [1.29, 1.82) is 0 Å². The highest BCUT2D eigenvalue weighted by Gasteiger charge is -0.404. The van der Waals surface area contributed by atoms with Gasteiger partial charge >= 0.3 is 1.43 Å². The molecular formula is H19O9+. The highest BCUT2D eigenvalue weighted by Crippen LogP contribution is -0.281. The van der Waals surface area contributed by atoms with E-state index >= 15 is 0 Å². The molecule has 0 aromatic carbocycles. The largest absolute Gasteiger partial charge is 1.00 e. The van der Waals surface area contributed by atoms with Crippen LogP contribution in [0.25, 0.3) is 0 Å². The minimum absolute atomic E-state index is 0. The van der Waals surface area contributed by atoms with Gasteiger partial charge in [0.2, 0.25) is 0 Å². The van der Waals surface area contributed by atoms with Gasteiger partial charge in [-0.2, -0.15) is 0 Å². The summed E-state index contributed by atoms with van der Waals surface area (Å²) < 4.78 is 0. The molecule has 0 aliphatic carbocycles. The molecule has 9 heavy (non-hydrogen) atoms. The zero-order chi connectivity index (χ0) is 0. The molecule has 0 radical (unpaired) electrons. The fraction of sp³-hybridized carbons (Fsp3) is 0. The van der Waals surface area contributed by atoms with Crippen LogP contribution in [0.2, 0.25) is 0 Å². The van der Waals surface area contributed by atoms with Crippen molar-refractivity contribution >= 4 is 0 Å². The Balaban J connectivity index is 0. The molecule has 0 bridgehead atoms. The SMILES string of the molecule is O.O.O.O.O.O.O.O.O.[H+]. The molecule has 0 heterocycles. The van der Waals surface area contributed by atoms with Crippen LogP contribution in [0.4, 0.5) is 0 Å². The zero-order valence-electron chi connectivity index (χ0n) is 5.50. The normalized spacial score (nSPS) is 0. The molecule has 0 spiro atoms. The summed E-state index contributed by atoms with van der Waals surface area (Å²) >= 11 is 0. The lowest BCUT2D eigenvalue weighted by molar-refractivity contribution is 0.823. The standard InChI is InChI=1S/9H2O/h9*1H2/p+1. The Labute approximate surface area is 52.2 Å². The summed E-state index contributed by atoms with van der Waals surface area (Å²) in [6.07, 6.45) is 0. The average Bonchev–Trinajstić information content (AvgIpc) is 0. The van der Waals surface area contributed by atoms with Crippen molar-refractivity contribution in [1.82, 2.24) is 0 Å². The lowest BCUT2D eigenvalue weighted by atomic mass is 16.0. The first-order chi connectivity index (χ1) is 0. The Hall–Kier alpha value is -0.360. The molecule has 9 nitrogen and oxygen atoms in total. The molecule has 72 valence electrons. The minimum Gasteiger partial charge on any atom is -0.412 e. The van der Waals surface area contributed by atoms with Crippen molar-refractivity contribution in [2.24, 2.45) is 0 Å². The monoisotopic (exact) mass is 163 g/mol. The van der Waals surface area contributed by atoms with Crippen LogP contribution in [-0.2, 0) is 0 Å². The van der Waals surface area contributed by atoms with Gasteiger partial charge in [0.05, 0.1) is 0 Å². The topological polar surface area (TPSA) is 284 Å². The lowest BCUT2D eigenvalue weighted by Gasteiger charge is -0.413. The summed E-state index contributed by atoms with van der Waals surface area (Å²) in [6.45, 7) is 0. The van der Waals surface area contributed by atoms with Crippen molar-refractivity contribution in [3.05, 3.63) is 0 Å². The van der Waals surface area contributed by atoms with Gasteiger partial charge in [-0.3, -0.25) is 0 Å². The average molecular weight is 163 g/mol. The first-order valence-corrected chi connectivity index (χ1v) is 0.